The standard InChI is InChI=1S/C24H37N3O2/c1-19-7-3-4-8-22(19)13-16-26-14-11-21(12-15-26)18-27(23-9-5-6-10-23)24(29)17-25-20(2)28/h3-4,7-8,21,23H,5-6,9-18H2,1-2H3,(H,25,28). The predicted octanol–water partition coefficient (Wildman–Crippen LogP) is 3.16. The minimum absolute atomic E-state index is 0.0917. The van der Waals surface area contributed by atoms with E-state index in [-0.39, 0.29) is 18.4 Å². The van der Waals surface area contributed by atoms with Crippen LogP contribution in [0.4, 0.5) is 0 Å². The molecule has 1 heterocycles. The van der Waals surface area contributed by atoms with E-state index in [1.807, 2.05) is 0 Å². The van der Waals surface area contributed by atoms with Gasteiger partial charge < -0.3 is 15.1 Å². The minimum atomic E-state index is -0.133. The fourth-order valence-electron chi connectivity index (χ4n) is 4.81. The molecule has 3 rings (SSSR count). The number of hydrogen-bond acceptors (Lipinski definition) is 3. The molecule has 1 aliphatic carbocycles. The number of piperidine rings is 1. The predicted molar refractivity (Wildman–Crippen MR) is 117 cm³/mol. The van der Waals surface area contributed by atoms with Crippen molar-refractivity contribution in [3.8, 4) is 0 Å². The first-order valence-corrected chi connectivity index (χ1v) is 11.3. The van der Waals surface area contributed by atoms with Crippen LogP contribution in [0.5, 0.6) is 0 Å². The van der Waals surface area contributed by atoms with E-state index >= 15 is 0 Å². The van der Waals surface area contributed by atoms with Crippen molar-refractivity contribution < 1.29 is 9.59 Å². The number of nitrogens with zero attached hydrogens (tertiary/aromatic N) is 2. The maximum Gasteiger partial charge on any atom is 0.242 e. The molecule has 1 aromatic rings. The summed E-state index contributed by atoms with van der Waals surface area (Å²) >= 11 is 0. The van der Waals surface area contributed by atoms with E-state index in [9.17, 15) is 9.59 Å². The largest absolute Gasteiger partial charge is 0.347 e. The van der Waals surface area contributed by atoms with Gasteiger partial charge >= 0.3 is 0 Å². The lowest BCUT2D eigenvalue weighted by atomic mass is 9.94. The maximum atomic E-state index is 12.8. The molecule has 160 valence electrons. The van der Waals surface area contributed by atoms with Gasteiger partial charge in [0, 0.05) is 26.1 Å². The smallest absolute Gasteiger partial charge is 0.242 e. The first-order valence-electron chi connectivity index (χ1n) is 11.3. The Bertz CT molecular complexity index is 676. The van der Waals surface area contributed by atoms with Crippen LogP contribution < -0.4 is 5.32 Å². The molecular weight excluding hydrogens is 362 g/mol. The number of amides is 2. The Morgan fingerprint density at radius 1 is 1.10 bits per heavy atom. The number of aryl methyl sites for hydroxylation is 1. The fourth-order valence-corrected chi connectivity index (χ4v) is 4.81. The van der Waals surface area contributed by atoms with Crippen molar-refractivity contribution in [1.29, 1.82) is 0 Å². The third-order valence-corrected chi connectivity index (χ3v) is 6.70. The summed E-state index contributed by atoms with van der Waals surface area (Å²) < 4.78 is 0. The number of carbonyl (C=O) groups is 2. The molecule has 0 atom stereocenters. The SMILES string of the molecule is CC(=O)NCC(=O)N(CC1CCN(CCc2ccccc2C)CC1)C1CCCC1. The van der Waals surface area contributed by atoms with Gasteiger partial charge in [0.05, 0.1) is 6.54 Å². The molecule has 1 N–H and O–H groups in total. The van der Waals surface area contributed by atoms with Crippen LogP contribution in [0.1, 0.15) is 56.6 Å². The van der Waals surface area contributed by atoms with Crippen LogP contribution in [0, 0.1) is 12.8 Å². The monoisotopic (exact) mass is 399 g/mol. The zero-order valence-corrected chi connectivity index (χ0v) is 18.2. The lowest BCUT2D eigenvalue weighted by Crippen LogP contribution is -2.48. The van der Waals surface area contributed by atoms with Crippen molar-refractivity contribution in [2.75, 3.05) is 32.7 Å². The Labute approximate surface area is 175 Å². The van der Waals surface area contributed by atoms with Gasteiger partial charge in [0.2, 0.25) is 11.8 Å². The summed E-state index contributed by atoms with van der Waals surface area (Å²) in [6.07, 6.45) is 8.08. The van der Waals surface area contributed by atoms with Gasteiger partial charge in [0.15, 0.2) is 0 Å². The van der Waals surface area contributed by atoms with Crippen LogP contribution in [0.2, 0.25) is 0 Å². The van der Waals surface area contributed by atoms with Gasteiger partial charge in [-0.25, -0.2) is 0 Å². The van der Waals surface area contributed by atoms with Crippen molar-refractivity contribution in [2.45, 2.75) is 64.8 Å². The van der Waals surface area contributed by atoms with Crippen LogP contribution in [-0.4, -0.2) is 60.4 Å². The molecule has 1 aromatic carbocycles. The second kappa shape index (κ2) is 10.8. The normalized spacial score (nSPS) is 18.7. The topological polar surface area (TPSA) is 52.7 Å². The third kappa shape index (κ3) is 6.56. The summed E-state index contributed by atoms with van der Waals surface area (Å²) in [5.74, 6) is 0.535. The quantitative estimate of drug-likeness (QED) is 0.731. The van der Waals surface area contributed by atoms with Crippen molar-refractivity contribution in [3.63, 3.8) is 0 Å². The van der Waals surface area contributed by atoms with E-state index in [2.05, 4.69) is 46.3 Å². The van der Waals surface area contributed by atoms with Crippen LogP contribution in [-0.2, 0) is 16.0 Å². The number of hydrogen-bond donors (Lipinski definition) is 1. The van der Waals surface area contributed by atoms with Crippen LogP contribution in [0.3, 0.4) is 0 Å². The minimum Gasteiger partial charge on any atom is -0.347 e. The van der Waals surface area contributed by atoms with Gasteiger partial charge in [0.1, 0.15) is 0 Å². The molecule has 2 aliphatic rings. The van der Waals surface area contributed by atoms with Crippen molar-refractivity contribution in [1.82, 2.24) is 15.1 Å². The Morgan fingerprint density at radius 3 is 2.45 bits per heavy atom. The van der Waals surface area contributed by atoms with E-state index in [1.54, 1.807) is 0 Å². The molecule has 0 radical (unpaired) electrons. The molecule has 2 amide bonds. The zero-order chi connectivity index (χ0) is 20.6. The number of benzene rings is 1. The fraction of sp³-hybridized carbons (Fsp3) is 0.667. The molecule has 0 bridgehead atoms. The molecule has 0 aromatic heterocycles. The highest BCUT2D eigenvalue weighted by Gasteiger charge is 2.30. The molecule has 1 saturated carbocycles. The van der Waals surface area contributed by atoms with E-state index in [4.69, 9.17) is 0 Å². The van der Waals surface area contributed by atoms with Gasteiger partial charge in [0.25, 0.3) is 0 Å². The summed E-state index contributed by atoms with van der Waals surface area (Å²) in [7, 11) is 0. The van der Waals surface area contributed by atoms with E-state index in [1.165, 1.54) is 30.9 Å². The van der Waals surface area contributed by atoms with E-state index < -0.39 is 0 Å². The first kappa shape index (κ1) is 21.8. The van der Waals surface area contributed by atoms with Gasteiger partial charge in [-0.2, -0.15) is 0 Å². The maximum absolute atomic E-state index is 12.8. The first-order chi connectivity index (χ1) is 14.0. The highest BCUT2D eigenvalue weighted by atomic mass is 16.2. The van der Waals surface area contributed by atoms with Crippen molar-refractivity contribution in [3.05, 3.63) is 35.4 Å². The number of rotatable bonds is 8. The summed E-state index contributed by atoms with van der Waals surface area (Å²) in [6, 6.07) is 9.03. The molecule has 1 saturated heterocycles. The Kier molecular flexibility index (Phi) is 8.10. The summed E-state index contributed by atoms with van der Waals surface area (Å²) in [4.78, 5) is 28.6. The average molecular weight is 400 g/mol. The molecule has 2 fully saturated rings. The molecule has 5 heteroatoms. The zero-order valence-electron chi connectivity index (χ0n) is 18.2. The summed E-state index contributed by atoms with van der Waals surface area (Å²) in [6.45, 7) is 8.02. The van der Waals surface area contributed by atoms with Crippen molar-refractivity contribution >= 4 is 11.8 Å². The average Bonchev–Trinajstić information content (AvgIpc) is 3.25. The van der Waals surface area contributed by atoms with Crippen LogP contribution in [0.25, 0.3) is 0 Å². The van der Waals surface area contributed by atoms with Gasteiger partial charge in [-0.1, -0.05) is 37.1 Å². The van der Waals surface area contributed by atoms with Gasteiger partial charge in [-0.3, -0.25) is 9.59 Å². The molecule has 29 heavy (non-hydrogen) atoms. The van der Waals surface area contributed by atoms with Crippen molar-refractivity contribution in [2.24, 2.45) is 5.92 Å². The van der Waals surface area contributed by atoms with Gasteiger partial charge in [-0.15, -0.1) is 0 Å². The van der Waals surface area contributed by atoms with Gasteiger partial charge in [-0.05, 0) is 69.2 Å². The molecule has 0 spiro atoms. The summed E-state index contributed by atoms with van der Waals surface area (Å²) in [5, 5.41) is 2.69. The number of carbonyl (C=O) groups excluding carboxylic acids is 2. The second-order valence-electron chi connectivity index (χ2n) is 8.86. The lowest BCUT2D eigenvalue weighted by Gasteiger charge is -2.37. The molecule has 0 unspecified atom stereocenters. The number of nitrogens with one attached hydrogen (secondary N) is 1. The highest BCUT2D eigenvalue weighted by molar-refractivity contribution is 5.83. The molecule has 5 nitrogen and oxygen atoms in total. The molecular formula is C24H37N3O2. The Balaban J connectivity index is 1.47. The van der Waals surface area contributed by atoms with E-state index in [0.29, 0.717) is 12.0 Å². The highest BCUT2D eigenvalue weighted by Crippen LogP contribution is 2.27. The number of likely N-dealkylation sites (tertiary alicyclic amines) is 1. The van der Waals surface area contributed by atoms with Crippen LogP contribution in [0.15, 0.2) is 24.3 Å². The van der Waals surface area contributed by atoms with E-state index in [0.717, 1.165) is 58.3 Å². The van der Waals surface area contributed by atoms with Crippen LogP contribution >= 0.6 is 0 Å². The third-order valence-electron chi connectivity index (χ3n) is 6.70. The summed E-state index contributed by atoms with van der Waals surface area (Å²) in [5.41, 5.74) is 2.83. The lowest BCUT2D eigenvalue weighted by molar-refractivity contribution is -0.135. The Hall–Kier alpha value is -1.88. The second-order valence-corrected chi connectivity index (χ2v) is 8.86. The Morgan fingerprint density at radius 2 is 1.79 bits per heavy atom. The molecule has 1 aliphatic heterocycles.